The van der Waals surface area contributed by atoms with Gasteiger partial charge in [0.1, 0.15) is 0 Å². The lowest BCUT2D eigenvalue weighted by atomic mass is 10.1. The first-order chi connectivity index (χ1) is 20.6. The molecule has 0 aliphatic carbocycles. The van der Waals surface area contributed by atoms with Gasteiger partial charge in [-0.1, -0.05) is 48.5 Å². The standard InChI is InChI=1S/C34H32N6O2/c1-3-39-29-11-7-5-9-25(29)27-19-23(13-15-31(27)39)21-35-37-33(41)17-18-34(42)38-36-22-24-14-16-32-28(20-24)26-10-6-8-12-30(26)40(32)4-2/h5-16,19-22H,3-4,17-18H2,1-2H3,(H,37,41)(H,38,42)/b35-21-,36-22+. The van der Waals surface area contributed by atoms with Gasteiger partial charge in [-0.15, -0.1) is 0 Å². The predicted molar refractivity (Wildman–Crippen MR) is 171 cm³/mol. The Balaban J connectivity index is 1.02. The van der Waals surface area contributed by atoms with E-state index < -0.39 is 0 Å². The van der Waals surface area contributed by atoms with Crippen LogP contribution >= 0.6 is 0 Å². The summed E-state index contributed by atoms with van der Waals surface area (Å²) in [7, 11) is 0. The van der Waals surface area contributed by atoms with Crippen LogP contribution in [0.15, 0.2) is 95.1 Å². The van der Waals surface area contributed by atoms with Gasteiger partial charge in [-0.25, -0.2) is 10.9 Å². The first kappa shape index (κ1) is 27.0. The molecule has 8 heteroatoms. The summed E-state index contributed by atoms with van der Waals surface area (Å²) in [6.45, 7) is 6.04. The summed E-state index contributed by atoms with van der Waals surface area (Å²) in [5, 5.41) is 12.9. The van der Waals surface area contributed by atoms with Gasteiger partial charge in [0.15, 0.2) is 0 Å². The summed E-state index contributed by atoms with van der Waals surface area (Å²) >= 11 is 0. The van der Waals surface area contributed by atoms with Gasteiger partial charge < -0.3 is 9.13 Å². The largest absolute Gasteiger partial charge is 0.341 e. The number of carbonyl (C=O) groups is 2. The number of para-hydroxylation sites is 2. The average Bonchev–Trinajstić information content (AvgIpc) is 3.51. The number of aromatic nitrogens is 2. The number of fused-ring (bicyclic) bond motifs is 6. The van der Waals surface area contributed by atoms with Gasteiger partial charge >= 0.3 is 0 Å². The van der Waals surface area contributed by atoms with E-state index in [0.717, 1.165) is 35.0 Å². The number of amides is 2. The highest BCUT2D eigenvalue weighted by Crippen LogP contribution is 2.30. The van der Waals surface area contributed by atoms with Crippen molar-refractivity contribution in [1.82, 2.24) is 20.0 Å². The molecule has 0 atom stereocenters. The Morgan fingerprint density at radius 2 is 1.00 bits per heavy atom. The Morgan fingerprint density at radius 3 is 1.43 bits per heavy atom. The van der Waals surface area contributed by atoms with Crippen LogP contribution in [-0.2, 0) is 22.7 Å². The summed E-state index contributed by atoms with van der Waals surface area (Å²) in [5.74, 6) is -0.682. The van der Waals surface area contributed by atoms with E-state index in [9.17, 15) is 9.59 Å². The fraction of sp³-hybridized carbons (Fsp3) is 0.176. The third-order valence-corrected chi connectivity index (χ3v) is 7.61. The fourth-order valence-electron chi connectivity index (χ4n) is 5.68. The summed E-state index contributed by atoms with van der Waals surface area (Å²) in [4.78, 5) is 24.5. The molecule has 0 radical (unpaired) electrons. The van der Waals surface area contributed by atoms with Crippen molar-refractivity contribution in [3.05, 3.63) is 96.1 Å². The number of nitrogens with one attached hydrogen (secondary N) is 2. The van der Waals surface area contributed by atoms with Crippen LogP contribution in [-0.4, -0.2) is 33.4 Å². The third kappa shape index (κ3) is 5.14. The second kappa shape index (κ2) is 11.7. The quantitative estimate of drug-likeness (QED) is 0.161. The van der Waals surface area contributed by atoms with Gasteiger partial charge in [0.05, 0.1) is 12.4 Å². The van der Waals surface area contributed by atoms with Crippen molar-refractivity contribution in [1.29, 1.82) is 0 Å². The number of carbonyl (C=O) groups excluding carboxylic acids is 2. The number of hydrazone groups is 2. The van der Waals surface area contributed by atoms with E-state index in [1.807, 2.05) is 36.4 Å². The highest BCUT2D eigenvalue weighted by atomic mass is 16.2. The first-order valence-electron chi connectivity index (χ1n) is 14.2. The number of benzene rings is 4. The Morgan fingerprint density at radius 1 is 0.595 bits per heavy atom. The van der Waals surface area contributed by atoms with Crippen LogP contribution in [0.5, 0.6) is 0 Å². The molecule has 0 saturated heterocycles. The van der Waals surface area contributed by atoms with Crippen molar-refractivity contribution in [2.75, 3.05) is 0 Å². The average molecular weight is 557 g/mol. The van der Waals surface area contributed by atoms with Gasteiger partial charge in [-0.2, -0.15) is 10.2 Å². The molecule has 2 amide bonds. The molecule has 8 nitrogen and oxygen atoms in total. The van der Waals surface area contributed by atoms with Crippen LogP contribution in [0.3, 0.4) is 0 Å². The molecule has 42 heavy (non-hydrogen) atoms. The summed E-state index contributed by atoms with van der Waals surface area (Å²) in [6, 6.07) is 28.9. The molecule has 0 spiro atoms. The molecular formula is C34H32N6O2. The number of nitrogens with zero attached hydrogens (tertiary/aromatic N) is 4. The lowest BCUT2D eigenvalue weighted by molar-refractivity contribution is -0.126. The normalized spacial score (nSPS) is 12.0. The zero-order valence-electron chi connectivity index (χ0n) is 23.7. The first-order valence-corrected chi connectivity index (χ1v) is 14.2. The molecule has 6 rings (SSSR count). The van der Waals surface area contributed by atoms with Crippen molar-refractivity contribution in [2.24, 2.45) is 10.2 Å². The maximum atomic E-state index is 12.3. The van der Waals surface area contributed by atoms with E-state index in [4.69, 9.17) is 0 Å². The smallest absolute Gasteiger partial charge is 0.240 e. The molecule has 0 saturated carbocycles. The molecule has 6 aromatic rings. The minimum atomic E-state index is -0.341. The van der Waals surface area contributed by atoms with Gasteiger partial charge in [-0.3, -0.25) is 9.59 Å². The van der Waals surface area contributed by atoms with Gasteiger partial charge in [-0.05, 0) is 61.4 Å². The van der Waals surface area contributed by atoms with Crippen LogP contribution in [0.2, 0.25) is 0 Å². The van der Waals surface area contributed by atoms with E-state index in [-0.39, 0.29) is 24.7 Å². The molecule has 210 valence electrons. The van der Waals surface area contributed by atoms with E-state index in [2.05, 4.69) is 92.6 Å². The predicted octanol–water partition coefficient (Wildman–Crippen LogP) is 6.32. The highest BCUT2D eigenvalue weighted by molar-refractivity contribution is 6.10. The van der Waals surface area contributed by atoms with Crippen LogP contribution in [0.1, 0.15) is 37.8 Å². The van der Waals surface area contributed by atoms with Gasteiger partial charge in [0.2, 0.25) is 11.8 Å². The molecule has 0 bridgehead atoms. The number of hydrogen-bond acceptors (Lipinski definition) is 4. The Bertz CT molecular complexity index is 1870. The van der Waals surface area contributed by atoms with Crippen LogP contribution in [0.25, 0.3) is 43.6 Å². The topological polar surface area (TPSA) is 92.8 Å². The Labute approximate surface area is 243 Å². The molecule has 4 aromatic carbocycles. The molecule has 0 fully saturated rings. The third-order valence-electron chi connectivity index (χ3n) is 7.61. The maximum absolute atomic E-state index is 12.3. The van der Waals surface area contributed by atoms with Crippen LogP contribution in [0, 0.1) is 0 Å². The summed E-state index contributed by atoms with van der Waals surface area (Å²) in [5.41, 5.74) is 11.5. The van der Waals surface area contributed by atoms with E-state index in [0.29, 0.717) is 0 Å². The molecule has 0 aliphatic heterocycles. The monoisotopic (exact) mass is 556 g/mol. The lowest BCUT2D eigenvalue weighted by Crippen LogP contribution is -2.22. The fourth-order valence-corrected chi connectivity index (χ4v) is 5.68. The molecule has 0 unspecified atom stereocenters. The minimum Gasteiger partial charge on any atom is -0.341 e. The van der Waals surface area contributed by atoms with Crippen LogP contribution < -0.4 is 10.9 Å². The van der Waals surface area contributed by atoms with Crippen molar-refractivity contribution in [3.63, 3.8) is 0 Å². The van der Waals surface area contributed by atoms with Gasteiger partial charge in [0.25, 0.3) is 0 Å². The van der Waals surface area contributed by atoms with Crippen molar-refractivity contribution < 1.29 is 9.59 Å². The van der Waals surface area contributed by atoms with Crippen molar-refractivity contribution >= 4 is 67.9 Å². The van der Waals surface area contributed by atoms with E-state index in [1.54, 1.807) is 12.4 Å². The molecule has 2 heterocycles. The SMILES string of the molecule is CCn1c2ccccc2c2cc(/C=N\NC(=O)CCC(=O)N/N=C/c3ccc4c(c3)c3ccccc3n4CC)ccc21. The number of aryl methyl sites for hydroxylation is 2. The zero-order valence-corrected chi connectivity index (χ0v) is 23.7. The molecule has 0 aliphatic rings. The Hall–Kier alpha value is -5.24. The second-order valence-electron chi connectivity index (χ2n) is 10.2. The van der Waals surface area contributed by atoms with Crippen LogP contribution in [0.4, 0.5) is 0 Å². The molecular weight excluding hydrogens is 524 g/mol. The van der Waals surface area contributed by atoms with E-state index in [1.165, 1.54) is 32.8 Å². The lowest BCUT2D eigenvalue weighted by Gasteiger charge is -2.03. The highest BCUT2D eigenvalue weighted by Gasteiger charge is 2.11. The second-order valence-corrected chi connectivity index (χ2v) is 10.2. The molecule has 2 aromatic heterocycles. The minimum absolute atomic E-state index is 0.00416. The molecule has 2 N–H and O–H groups in total. The van der Waals surface area contributed by atoms with Crippen molar-refractivity contribution in [2.45, 2.75) is 39.8 Å². The Kier molecular flexibility index (Phi) is 7.51. The number of rotatable bonds is 9. The van der Waals surface area contributed by atoms with Gasteiger partial charge in [0, 0.05) is 69.5 Å². The maximum Gasteiger partial charge on any atom is 0.240 e. The van der Waals surface area contributed by atoms with Crippen molar-refractivity contribution in [3.8, 4) is 0 Å². The van der Waals surface area contributed by atoms with E-state index >= 15 is 0 Å². The zero-order chi connectivity index (χ0) is 29.1. The summed E-state index contributed by atoms with van der Waals surface area (Å²) in [6.07, 6.45) is 3.25. The number of hydrogen-bond donors (Lipinski definition) is 2. The summed E-state index contributed by atoms with van der Waals surface area (Å²) < 4.78 is 4.57.